The summed E-state index contributed by atoms with van der Waals surface area (Å²) < 4.78 is 12.7. The topological polar surface area (TPSA) is 35.5 Å². The van der Waals surface area contributed by atoms with Crippen molar-refractivity contribution in [3.05, 3.63) is 0 Å². The van der Waals surface area contributed by atoms with E-state index in [0.29, 0.717) is 12.5 Å². The van der Waals surface area contributed by atoms with Crippen molar-refractivity contribution in [3.8, 4) is 0 Å². The van der Waals surface area contributed by atoms with Crippen molar-refractivity contribution in [2.45, 2.75) is 58.2 Å². The van der Waals surface area contributed by atoms with Gasteiger partial charge >= 0.3 is 5.97 Å². The molecule has 0 amide bonds. The smallest absolute Gasteiger partial charge is 0.314 e. The minimum atomic E-state index is -0.377. The van der Waals surface area contributed by atoms with Gasteiger partial charge in [0.1, 0.15) is 0 Å². The fraction of sp³-hybridized carbons (Fsp3) is 0.929. The molecule has 2 bridgehead atoms. The SMILES string of the molecule is CCOC(=O)C12CCC(CI)(CC1)OC2C(C)C. The van der Waals surface area contributed by atoms with Crippen molar-refractivity contribution < 1.29 is 14.3 Å². The van der Waals surface area contributed by atoms with E-state index >= 15 is 0 Å². The molecule has 1 aliphatic carbocycles. The van der Waals surface area contributed by atoms with Gasteiger partial charge in [-0.1, -0.05) is 36.4 Å². The normalized spacial score (nSPS) is 39.1. The Hall–Kier alpha value is 0.160. The van der Waals surface area contributed by atoms with Crippen molar-refractivity contribution >= 4 is 28.6 Å². The van der Waals surface area contributed by atoms with Gasteiger partial charge < -0.3 is 9.47 Å². The third kappa shape index (κ3) is 2.19. The summed E-state index contributed by atoms with van der Waals surface area (Å²) in [6.45, 7) is 6.63. The zero-order valence-corrected chi connectivity index (χ0v) is 13.7. The van der Waals surface area contributed by atoms with Crippen LogP contribution in [-0.4, -0.2) is 28.7 Å². The molecule has 0 aromatic heterocycles. The number of hydrogen-bond acceptors (Lipinski definition) is 3. The van der Waals surface area contributed by atoms with Gasteiger partial charge in [-0.05, 0) is 38.5 Å². The molecular weight excluding hydrogens is 343 g/mol. The highest BCUT2D eigenvalue weighted by Crippen LogP contribution is 2.55. The van der Waals surface area contributed by atoms with Crippen LogP contribution in [0.5, 0.6) is 0 Å². The van der Waals surface area contributed by atoms with Crippen LogP contribution in [0.1, 0.15) is 46.5 Å². The lowest BCUT2D eigenvalue weighted by Crippen LogP contribution is -2.62. The second kappa shape index (κ2) is 5.27. The highest BCUT2D eigenvalue weighted by Gasteiger charge is 2.60. The second-order valence-electron chi connectivity index (χ2n) is 5.98. The largest absolute Gasteiger partial charge is 0.465 e. The highest BCUT2D eigenvalue weighted by molar-refractivity contribution is 14.1. The maximum absolute atomic E-state index is 12.4. The molecular formula is C14H23IO3. The summed E-state index contributed by atoms with van der Waals surface area (Å²) in [5.41, 5.74) is -0.360. The van der Waals surface area contributed by atoms with Gasteiger partial charge in [-0.25, -0.2) is 0 Å². The lowest BCUT2D eigenvalue weighted by atomic mass is 9.60. The lowest BCUT2D eigenvalue weighted by molar-refractivity contribution is -0.242. The molecule has 3 rings (SSSR count). The zero-order chi connectivity index (χ0) is 13.4. The molecule has 1 atom stereocenters. The summed E-state index contributed by atoms with van der Waals surface area (Å²) in [5.74, 6) is 0.322. The number of fused-ring (bicyclic) bond motifs is 3. The minimum absolute atomic E-state index is 0.0176. The summed E-state index contributed by atoms with van der Waals surface area (Å²) >= 11 is 2.42. The summed E-state index contributed by atoms with van der Waals surface area (Å²) in [7, 11) is 0. The number of rotatable bonds is 4. The van der Waals surface area contributed by atoms with E-state index in [9.17, 15) is 4.79 Å². The number of carbonyl (C=O) groups excluding carboxylic acids is 1. The Kier molecular flexibility index (Phi) is 4.26. The van der Waals surface area contributed by atoms with E-state index in [0.717, 1.165) is 30.1 Å². The van der Waals surface area contributed by atoms with Crippen molar-refractivity contribution in [2.24, 2.45) is 11.3 Å². The van der Waals surface area contributed by atoms with Crippen molar-refractivity contribution in [1.82, 2.24) is 0 Å². The van der Waals surface area contributed by atoms with Gasteiger partial charge in [-0.15, -0.1) is 0 Å². The van der Waals surface area contributed by atoms with Crippen LogP contribution < -0.4 is 0 Å². The molecule has 0 aromatic carbocycles. The van der Waals surface area contributed by atoms with E-state index in [1.807, 2.05) is 6.92 Å². The van der Waals surface area contributed by atoms with E-state index in [2.05, 4.69) is 36.4 Å². The van der Waals surface area contributed by atoms with E-state index in [4.69, 9.17) is 9.47 Å². The Morgan fingerprint density at radius 3 is 2.44 bits per heavy atom. The summed E-state index contributed by atoms with van der Waals surface area (Å²) in [6.07, 6.45) is 3.87. The molecule has 1 saturated carbocycles. The molecule has 1 unspecified atom stereocenters. The molecule has 3 aliphatic rings. The number of carbonyl (C=O) groups is 1. The fourth-order valence-electron chi connectivity index (χ4n) is 3.47. The highest BCUT2D eigenvalue weighted by atomic mass is 127. The number of esters is 1. The molecule has 0 radical (unpaired) electrons. The Labute approximate surface area is 123 Å². The molecule has 0 N–H and O–H groups in total. The van der Waals surface area contributed by atoms with Gasteiger partial charge in [-0.3, -0.25) is 4.79 Å². The molecule has 2 heterocycles. The van der Waals surface area contributed by atoms with Crippen LogP contribution in [0.4, 0.5) is 0 Å². The maximum atomic E-state index is 12.4. The molecule has 0 spiro atoms. The van der Waals surface area contributed by atoms with Crippen molar-refractivity contribution in [3.63, 3.8) is 0 Å². The summed E-state index contributed by atoms with van der Waals surface area (Å²) in [5, 5.41) is 0. The third-order valence-electron chi connectivity index (χ3n) is 4.51. The Morgan fingerprint density at radius 2 is 2.00 bits per heavy atom. The van der Waals surface area contributed by atoms with E-state index in [1.165, 1.54) is 0 Å². The quantitative estimate of drug-likeness (QED) is 0.435. The number of alkyl halides is 1. The molecule has 104 valence electrons. The Balaban J connectivity index is 2.27. The summed E-state index contributed by atoms with van der Waals surface area (Å²) in [6, 6.07) is 0. The average Bonchev–Trinajstić information content (AvgIpc) is 2.40. The van der Waals surface area contributed by atoms with Gasteiger partial charge in [0.25, 0.3) is 0 Å². The number of hydrogen-bond donors (Lipinski definition) is 0. The predicted molar refractivity (Wildman–Crippen MR) is 78.9 cm³/mol. The first-order valence-corrected chi connectivity index (χ1v) is 8.43. The van der Waals surface area contributed by atoms with E-state index < -0.39 is 0 Å². The average molecular weight is 366 g/mol. The summed E-state index contributed by atoms with van der Waals surface area (Å²) in [4.78, 5) is 12.4. The van der Waals surface area contributed by atoms with Crippen molar-refractivity contribution in [1.29, 1.82) is 0 Å². The molecule has 4 heteroatoms. The zero-order valence-electron chi connectivity index (χ0n) is 11.5. The third-order valence-corrected chi connectivity index (χ3v) is 5.90. The monoisotopic (exact) mass is 366 g/mol. The molecule has 2 aliphatic heterocycles. The van der Waals surface area contributed by atoms with Crippen LogP contribution in [0.3, 0.4) is 0 Å². The van der Waals surface area contributed by atoms with Crippen LogP contribution in [0.15, 0.2) is 0 Å². The first-order valence-electron chi connectivity index (χ1n) is 6.91. The Morgan fingerprint density at radius 1 is 1.39 bits per heavy atom. The van der Waals surface area contributed by atoms with Crippen LogP contribution >= 0.6 is 22.6 Å². The van der Waals surface area contributed by atoms with Gasteiger partial charge in [0.15, 0.2) is 0 Å². The Bertz CT molecular complexity index is 319. The predicted octanol–water partition coefficient (Wildman–Crippen LogP) is 3.34. The maximum Gasteiger partial charge on any atom is 0.314 e. The van der Waals surface area contributed by atoms with Gasteiger partial charge in [0, 0.05) is 4.43 Å². The van der Waals surface area contributed by atoms with Gasteiger partial charge in [-0.2, -0.15) is 0 Å². The van der Waals surface area contributed by atoms with Gasteiger partial charge in [0.05, 0.1) is 23.7 Å². The molecule has 18 heavy (non-hydrogen) atoms. The molecule has 2 saturated heterocycles. The first-order chi connectivity index (χ1) is 8.49. The number of halogens is 1. The van der Waals surface area contributed by atoms with Gasteiger partial charge in [0.2, 0.25) is 0 Å². The van der Waals surface area contributed by atoms with Crippen LogP contribution in [0.2, 0.25) is 0 Å². The van der Waals surface area contributed by atoms with E-state index in [1.54, 1.807) is 0 Å². The minimum Gasteiger partial charge on any atom is -0.465 e. The van der Waals surface area contributed by atoms with E-state index in [-0.39, 0.29) is 23.1 Å². The lowest BCUT2D eigenvalue weighted by Gasteiger charge is -2.56. The molecule has 3 fully saturated rings. The first kappa shape index (κ1) is 14.6. The standard InChI is InChI=1S/C14H23IO3/c1-4-17-12(16)14-7-5-13(9-15,6-8-14)18-11(14)10(2)3/h10-11H,4-9H2,1-3H3. The van der Waals surface area contributed by atoms with Crippen LogP contribution in [-0.2, 0) is 14.3 Å². The molecule has 3 nitrogen and oxygen atoms in total. The van der Waals surface area contributed by atoms with Crippen molar-refractivity contribution in [2.75, 3.05) is 11.0 Å². The fourth-order valence-corrected chi connectivity index (χ4v) is 4.41. The van der Waals surface area contributed by atoms with Crippen LogP contribution in [0.25, 0.3) is 0 Å². The second-order valence-corrected chi connectivity index (χ2v) is 6.74. The molecule has 0 aromatic rings. The van der Waals surface area contributed by atoms with Crippen LogP contribution in [0, 0.1) is 11.3 Å². The number of ether oxygens (including phenoxy) is 2.